The molecule has 0 aromatic heterocycles. The Morgan fingerprint density at radius 1 is 1.11 bits per heavy atom. The molecule has 1 aromatic rings. The molecule has 0 aliphatic heterocycles. The molecule has 100 valence electrons. The molecule has 1 fully saturated rings. The minimum Gasteiger partial charge on any atom is -0.313 e. The van der Waals surface area contributed by atoms with Crippen molar-refractivity contribution in [2.45, 2.75) is 57.9 Å². The molecule has 1 nitrogen and oxygen atoms in total. The Morgan fingerprint density at radius 2 is 1.78 bits per heavy atom. The van der Waals surface area contributed by atoms with Crippen LogP contribution >= 0.6 is 0 Å². The first-order chi connectivity index (χ1) is 8.85. The van der Waals surface area contributed by atoms with E-state index in [9.17, 15) is 0 Å². The van der Waals surface area contributed by atoms with Gasteiger partial charge in [0, 0.05) is 6.04 Å². The molecule has 18 heavy (non-hydrogen) atoms. The molecule has 1 atom stereocenters. The molecular weight excluding hydrogens is 218 g/mol. The van der Waals surface area contributed by atoms with E-state index in [1.165, 1.54) is 56.1 Å². The van der Waals surface area contributed by atoms with Gasteiger partial charge in [-0.3, -0.25) is 0 Å². The number of aryl methyl sites for hydroxylation is 1. The largest absolute Gasteiger partial charge is 0.313 e. The summed E-state index contributed by atoms with van der Waals surface area (Å²) in [6.07, 6.45) is 9.48. The van der Waals surface area contributed by atoms with Gasteiger partial charge in [-0.1, -0.05) is 56.9 Å². The van der Waals surface area contributed by atoms with Crippen LogP contribution in [-0.4, -0.2) is 7.05 Å². The molecule has 1 unspecified atom stereocenters. The molecule has 1 heteroatoms. The molecule has 1 aliphatic rings. The molecule has 2 rings (SSSR count). The van der Waals surface area contributed by atoms with Crippen molar-refractivity contribution < 1.29 is 0 Å². The average Bonchev–Trinajstić information content (AvgIpc) is 2.43. The van der Waals surface area contributed by atoms with E-state index in [0.717, 1.165) is 5.92 Å². The molecule has 0 amide bonds. The maximum Gasteiger partial charge on any atom is 0.0346 e. The van der Waals surface area contributed by atoms with E-state index in [4.69, 9.17) is 0 Å². The van der Waals surface area contributed by atoms with E-state index in [2.05, 4.69) is 43.6 Å². The van der Waals surface area contributed by atoms with E-state index in [1.807, 2.05) is 0 Å². The lowest BCUT2D eigenvalue weighted by molar-refractivity contribution is 0.281. The van der Waals surface area contributed by atoms with Crippen LogP contribution < -0.4 is 5.32 Å². The van der Waals surface area contributed by atoms with Gasteiger partial charge in [0.2, 0.25) is 0 Å². The fraction of sp³-hybridized carbons (Fsp3) is 0.647. The second kappa shape index (κ2) is 6.94. The summed E-state index contributed by atoms with van der Waals surface area (Å²) < 4.78 is 0. The van der Waals surface area contributed by atoms with Crippen LogP contribution in [0, 0.1) is 5.92 Å². The van der Waals surface area contributed by atoms with E-state index in [-0.39, 0.29) is 0 Å². The fourth-order valence-corrected chi connectivity index (χ4v) is 3.32. The van der Waals surface area contributed by atoms with E-state index < -0.39 is 0 Å². The second-order valence-electron chi connectivity index (χ2n) is 5.66. The third kappa shape index (κ3) is 3.35. The van der Waals surface area contributed by atoms with Gasteiger partial charge in [-0.05, 0) is 43.4 Å². The van der Waals surface area contributed by atoms with Gasteiger partial charge in [0.25, 0.3) is 0 Å². The average molecular weight is 245 g/mol. The summed E-state index contributed by atoms with van der Waals surface area (Å²) in [6.45, 7) is 2.24. The summed E-state index contributed by atoms with van der Waals surface area (Å²) in [4.78, 5) is 0. The van der Waals surface area contributed by atoms with Crippen LogP contribution in [0.4, 0.5) is 0 Å². The summed E-state index contributed by atoms with van der Waals surface area (Å²) >= 11 is 0. The normalized spacial score (nSPS) is 18.8. The molecule has 0 radical (unpaired) electrons. The van der Waals surface area contributed by atoms with Crippen molar-refractivity contribution in [2.24, 2.45) is 5.92 Å². The molecule has 1 aromatic carbocycles. The molecule has 0 heterocycles. The van der Waals surface area contributed by atoms with Gasteiger partial charge in [0.05, 0.1) is 0 Å². The SMILES string of the molecule is CCCc1ccc(C(NC)C2CCCCC2)cc1. The highest BCUT2D eigenvalue weighted by Gasteiger charge is 2.23. The number of rotatable bonds is 5. The summed E-state index contributed by atoms with van der Waals surface area (Å²) in [5.41, 5.74) is 2.95. The van der Waals surface area contributed by atoms with Crippen LogP contribution in [0.5, 0.6) is 0 Å². The van der Waals surface area contributed by atoms with Crippen LogP contribution in [0.1, 0.15) is 62.6 Å². The van der Waals surface area contributed by atoms with E-state index >= 15 is 0 Å². The minimum atomic E-state index is 0.556. The second-order valence-corrected chi connectivity index (χ2v) is 5.66. The first-order valence-electron chi connectivity index (χ1n) is 7.61. The number of nitrogens with one attached hydrogen (secondary N) is 1. The maximum atomic E-state index is 3.54. The molecule has 0 bridgehead atoms. The Kier molecular flexibility index (Phi) is 5.25. The van der Waals surface area contributed by atoms with Gasteiger partial charge in [0.15, 0.2) is 0 Å². The smallest absolute Gasteiger partial charge is 0.0346 e. The van der Waals surface area contributed by atoms with Crippen molar-refractivity contribution in [3.05, 3.63) is 35.4 Å². The lowest BCUT2D eigenvalue weighted by atomic mass is 9.81. The maximum absolute atomic E-state index is 3.54. The highest BCUT2D eigenvalue weighted by atomic mass is 14.9. The van der Waals surface area contributed by atoms with Crippen molar-refractivity contribution in [1.29, 1.82) is 0 Å². The van der Waals surface area contributed by atoms with Crippen molar-refractivity contribution in [1.82, 2.24) is 5.32 Å². The third-order valence-corrected chi connectivity index (χ3v) is 4.31. The Hall–Kier alpha value is -0.820. The van der Waals surface area contributed by atoms with Crippen LogP contribution in [0.25, 0.3) is 0 Å². The quantitative estimate of drug-likeness (QED) is 0.806. The fourth-order valence-electron chi connectivity index (χ4n) is 3.32. The molecule has 0 spiro atoms. The van der Waals surface area contributed by atoms with Gasteiger partial charge in [-0.25, -0.2) is 0 Å². The standard InChI is InChI=1S/C17H27N/c1-3-7-14-10-12-16(13-11-14)17(18-2)15-8-5-4-6-9-15/h10-13,15,17-18H,3-9H2,1-2H3. The number of hydrogen-bond donors (Lipinski definition) is 1. The molecule has 0 saturated heterocycles. The summed E-state index contributed by atoms with van der Waals surface area (Å²) in [7, 11) is 2.11. The minimum absolute atomic E-state index is 0.556. The first kappa shape index (κ1) is 13.6. The Balaban J connectivity index is 2.06. The molecule has 1 N–H and O–H groups in total. The van der Waals surface area contributed by atoms with Crippen molar-refractivity contribution in [2.75, 3.05) is 7.05 Å². The number of hydrogen-bond acceptors (Lipinski definition) is 1. The van der Waals surface area contributed by atoms with Crippen LogP contribution in [0.3, 0.4) is 0 Å². The lowest BCUT2D eigenvalue weighted by Gasteiger charge is -2.30. The van der Waals surface area contributed by atoms with Crippen LogP contribution in [0.15, 0.2) is 24.3 Å². The van der Waals surface area contributed by atoms with Crippen LogP contribution in [0.2, 0.25) is 0 Å². The topological polar surface area (TPSA) is 12.0 Å². The summed E-state index contributed by atoms with van der Waals surface area (Å²) in [5, 5.41) is 3.54. The summed E-state index contributed by atoms with van der Waals surface area (Å²) in [6, 6.07) is 9.85. The van der Waals surface area contributed by atoms with Gasteiger partial charge in [-0.15, -0.1) is 0 Å². The zero-order valence-electron chi connectivity index (χ0n) is 11.9. The van der Waals surface area contributed by atoms with E-state index in [1.54, 1.807) is 0 Å². The monoisotopic (exact) mass is 245 g/mol. The zero-order chi connectivity index (χ0) is 12.8. The Labute approximate surface area is 112 Å². The van der Waals surface area contributed by atoms with Crippen molar-refractivity contribution in [3.63, 3.8) is 0 Å². The molecule has 1 saturated carbocycles. The van der Waals surface area contributed by atoms with Gasteiger partial charge >= 0.3 is 0 Å². The van der Waals surface area contributed by atoms with Gasteiger partial charge in [0.1, 0.15) is 0 Å². The molecule has 1 aliphatic carbocycles. The first-order valence-corrected chi connectivity index (χ1v) is 7.61. The van der Waals surface area contributed by atoms with Gasteiger partial charge < -0.3 is 5.32 Å². The Morgan fingerprint density at radius 3 is 2.33 bits per heavy atom. The lowest BCUT2D eigenvalue weighted by Crippen LogP contribution is -2.26. The van der Waals surface area contributed by atoms with Crippen LogP contribution in [-0.2, 0) is 6.42 Å². The molecular formula is C17H27N. The highest BCUT2D eigenvalue weighted by molar-refractivity contribution is 5.25. The number of benzene rings is 1. The van der Waals surface area contributed by atoms with Gasteiger partial charge in [-0.2, -0.15) is 0 Å². The zero-order valence-corrected chi connectivity index (χ0v) is 11.9. The third-order valence-electron chi connectivity index (χ3n) is 4.31. The summed E-state index contributed by atoms with van der Waals surface area (Å²) in [5.74, 6) is 0.834. The van der Waals surface area contributed by atoms with Crippen molar-refractivity contribution >= 4 is 0 Å². The predicted molar refractivity (Wildman–Crippen MR) is 78.8 cm³/mol. The highest BCUT2D eigenvalue weighted by Crippen LogP contribution is 2.34. The van der Waals surface area contributed by atoms with Crippen molar-refractivity contribution in [3.8, 4) is 0 Å². The van der Waals surface area contributed by atoms with E-state index in [0.29, 0.717) is 6.04 Å². The predicted octanol–water partition coefficient (Wildman–Crippen LogP) is 4.48. The Bertz CT molecular complexity index is 335.